The first-order valence-electron chi connectivity index (χ1n) is 4.71. The average Bonchev–Trinajstić information content (AvgIpc) is 2.22. The van der Waals surface area contributed by atoms with Crippen molar-refractivity contribution < 1.29 is 12.3 Å². The van der Waals surface area contributed by atoms with E-state index in [1.54, 1.807) is 25.3 Å². The number of rotatable bonds is 1. The maximum Gasteiger partial charge on any atom is 0.332 e. The minimum Gasteiger partial charge on any atom is -0.256 e. The molecule has 0 aliphatic carbocycles. The molecule has 0 saturated heterocycles. The number of fused-ring (bicyclic) bond motifs is 1. The van der Waals surface area contributed by atoms with Crippen LogP contribution in [0.5, 0.6) is 0 Å². The molecule has 1 aromatic heterocycles. The molecule has 1 aromatic carbocycles. The van der Waals surface area contributed by atoms with Crippen LogP contribution in [-0.4, -0.2) is 13.4 Å². The summed E-state index contributed by atoms with van der Waals surface area (Å²) in [4.78, 5) is 3.78. The molecule has 0 spiro atoms. The predicted molar refractivity (Wildman–Crippen MR) is 59.5 cm³/mol. The molecule has 0 saturated carbocycles. The van der Waals surface area contributed by atoms with Crippen LogP contribution in [0.1, 0.15) is 11.1 Å². The Morgan fingerprint density at radius 2 is 2.00 bits per heavy atom. The molecule has 0 amide bonds. The first-order chi connectivity index (χ1) is 7.41. The molecule has 0 aliphatic rings. The summed E-state index contributed by atoms with van der Waals surface area (Å²) in [5.41, 5.74) is 2.10. The van der Waals surface area contributed by atoms with Gasteiger partial charge in [0.2, 0.25) is 0 Å². The van der Waals surface area contributed by atoms with Gasteiger partial charge in [-0.15, -0.1) is 3.89 Å². The zero-order valence-corrected chi connectivity index (χ0v) is 9.68. The van der Waals surface area contributed by atoms with Crippen molar-refractivity contribution in [3.05, 3.63) is 35.5 Å². The first-order valence-corrected chi connectivity index (χ1v) is 6.09. The van der Waals surface area contributed by atoms with Crippen molar-refractivity contribution >= 4 is 21.1 Å². The number of halogens is 1. The highest BCUT2D eigenvalue weighted by Crippen LogP contribution is 2.27. The summed E-state index contributed by atoms with van der Waals surface area (Å²) in [6, 6.07) is 4.49. The highest BCUT2D eigenvalue weighted by molar-refractivity contribution is 7.86. The highest BCUT2D eigenvalue weighted by atomic mass is 32.3. The lowest BCUT2D eigenvalue weighted by molar-refractivity contribution is 0.553. The second-order valence-corrected chi connectivity index (χ2v) is 4.97. The van der Waals surface area contributed by atoms with Crippen molar-refractivity contribution in [3.63, 3.8) is 0 Å². The summed E-state index contributed by atoms with van der Waals surface area (Å²) < 4.78 is 35.1. The van der Waals surface area contributed by atoms with Crippen LogP contribution in [0.3, 0.4) is 0 Å². The van der Waals surface area contributed by atoms with Crippen molar-refractivity contribution in [1.29, 1.82) is 0 Å². The molecule has 16 heavy (non-hydrogen) atoms. The molecule has 84 valence electrons. The third-order valence-corrected chi connectivity index (χ3v) is 3.49. The van der Waals surface area contributed by atoms with Gasteiger partial charge in [-0.2, -0.15) is 8.42 Å². The molecule has 0 atom stereocenters. The molecule has 0 bridgehead atoms. The second-order valence-electron chi connectivity index (χ2n) is 3.65. The summed E-state index contributed by atoms with van der Waals surface area (Å²) in [7, 11) is -4.71. The Labute approximate surface area is 93.1 Å². The van der Waals surface area contributed by atoms with E-state index in [0.717, 1.165) is 5.56 Å². The molecular weight excluding hydrogens is 229 g/mol. The van der Waals surface area contributed by atoms with Crippen LogP contribution < -0.4 is 0 Å². The number of aryl methyl sites for hydroxylation is 2. The van der Waals surface area contributed by atoms with Crippen molar-refractivity contribution in [2.24, 2.45) is 0 Å². The van der Waals surface area contributed by atoms with Crippen LogP contribution in [0, 0.1) is 13.8 Å². The Hall–Kier alpha value is -1.49. The molecular formula is C11H10FNO2S. The third-order valence-electron chi connectivity index (χ3n) is 2.63. The van der Waals surface area contributed by atoms with E-state index in [0.29, 0.717) is 16.5 Å². The number of hydrogen-bond donors (Lipinski definition) is 0. The van der Waals surface area contributed by atoms with Gasteiger partial charge >= 0.3 is 10.2 Å². The van der Waals surface area contributed by atoms with E-state index < -0.39 is 10.2 Å². The second kappa shape index (κ2) is 3.52. The maximum atomic E-state index is 13.1. The average molecular weight is 239 g/mol. The topological polar surface area (TPSA) is 47.0 Å². The Balaban J connectivity index is 3.02. The number of aromatic nitrogens is 1. The Morgan fingerprint density at radius 1 is 1.31 bits per heavy atom. The maximum absolute atomic E-state index is 13.1. The van der Waals surface area contributed by atoms with Gasteiger partial charge in [0, 0.05) is 11.6 Å². The fraction of sp³-hybridized carbons (Fsp3) is 0.182. The van der Waals surface area contributed by atoms with Crippen molar-refractivity contribution in [2.75, 3.05) is 0 Å². The fourth-order valence-electron chi connectivity index (χ4n) is 1.67. The quantitative estimate of drug-likeness (QED) is 0.718. The van der Waals surface area contributed by atoms with Crippen LogP contribution in [-0.2, 0) is 10.2 Å². The van der Waals surface area contributed by atoms with Crippen molar-refractivity contribution in [3.8, 4) is 0 Å². The first kappa shape index (κ1) is 11.0. The Morgan fingerprint density at radius 3 is 2.62 bits per heavy atom. The van der Waals surface area contributed by atoms with Crippen LogP contribution in [0.4, 0.5) is 3.89 Å². The van der Waals surface area contributed by atoms with Gasteiger partial charge in [0.25, 0.3) is 0 Å². The normalized spacial score (nSPS) is 11.9. The summed E-state index contributed by atoms with van der Waals surface area (Å²) >= 11 is 0. The Bertz CT molecular complexity index is 665. The van der Waals surface area contributed by atoms with Gasteiger partial charge in [0.05, 0.1) is 5.52 Å². The zero-order valence-electron chi connectivity index (χ0n) is 8.86. The molecule has 0 N–H and O–H groups in total. The van der Waals surface area contributed by atoms with Crippen molar-refractivity contribution in [1.82, 2.24) is 4.98 Å². The van der Waals surface area contributed by atoms with Gasteiger partial charge in [-0.1, -0.05) is 0 Å². The molecule has 5 heteroatoms. The van der Waals surface area contributed by atoms with E-state index in [1.807, 2.05) is 6.92 Å². The molecule has 0 fully saturated rings. The molecule has 0 radical (unpaired) electrons. The third kappa shape index (κ3) is 1.67. The standard InChI is InChI=1S/C11H10FNO2S/c1-7-6-10(16(12,14)15)9-4-3-5-13-11(9)8(7)2/h3-6H,1-2H3. The monoisotopic (exact) mass is 239 g/mol. The summed E-state index contributed by atoms with van der Waals surface area (Å²) in [5, 5.41) is 0.327. The molecule has 2 aromatic rings. The number of hydrogen-bond acceptors (Lipinski definition) is 3. The van der Waals surface area contributed by atoms with Crippen molar-refractivity contribution in [2.45, 2.75) is 18.7 Å². The van der Waals surface area contributed by atoms with Crippen LogP contribution in [0.2, 0.25) is 0 Å². The van der Waals surface area contributed by atoms with E-state index in [2.05, 4.69) is 4.98 Å². The van der Waals surface area contributed by atoms with Gasteiger partial charge in [0.1, 0.15) is 4.90 Å². The fourth-order valence-corrected chi connectivity index (χ4v) is 2.42. The van der Waals surface area contributed by atoms with Crippen LogP contribution in [0.15, 0.2) is 29.3 Å². The van der Waals surface area contributed by atoms with E-state index in [-0.39, 0.29) is 4.90 Å². The lowest BCUT2D eigenvalue weighted by Gasteiger charge is -2.07. The van der Waals surface area contributed by atoms with E-state index in [1.165, 1.54) is 6.07 Å². The van der Waals surface area contributed by atoms with Gasteiger partial charge in [-0.05, 0) is 43.2 Å². The number of benzene rings is 1. The van der Waals surface area contributed by atoms with E-state index >= 15 is 0 Å². The SMILES string of the molecule is Cc1cc(S(=O)(=O)F)c2cccnc2c1C. The van der Waals surface area contributed by atoms with E-state index in [9.17, 15) is 12.3 Å². The molecule has 3 nitrogen and oxygen atoms in total. The number of pyridine rings is 1. The lowest BCUT2D eigenvalue weighted by atomic mass is 10.1. The minimum absolute atomic E-state index is 0.307. The minimum atomic E-state index is -4.71. The summed E-state index contributed by atoms with van der Waals surface area (Å²) in [6.45, 7) is 3.57. The number of nitrogens with zero attached hydrogens (tertiary/aromatic N) is 1. The predicted octanol–water partition coefficient (Wildman–Crippen LogP) is 2.51. The molecule has 1 heterocycles. The molecule has 2 rings (SSSR count). The molecule has 0 aliphatic heterocycles. The Kier molecular flexibility index (Phi) is 2.42. The van der Waals surface area contributed by atoms with Gasteiger partial charge < -0.3 is 0 Å². The van der Waals surface area contributed by atoms with Gasteiger partial charge in [-0.3, -0.25) is 4.98 Å². The largest absolute Gasteiger partial charge is 0.332 e. The summed E-state index contributed by atoms with van der Waals surface area (Å²) in [6.07, 6.45) is 1.56. The lowest BCUT2D eigenvalue weighted by Crippen LogP contribution is -1.98. The van der Waals surface area contributed by atoms with E-state index in [4.69, 9.17) is 0 Å². The molecule has 0 unspecified atom stereocenters. The zero-order chi connectivity index (χ0) is 11.9. The highest BCUT2D eigenvalue weighted by Gasteiger charge is 2.18. The van der Waals surface area contributed by atoms with Gasteiger partial charge in [-0.25, -0.2) is 0 Å². The van der Waals surface area contributed by atoms with Gasteiger partial charge in [0.15, 0.2) is 0 Å². The van der Waals surface area contributed by atoms with Crippen LogP contribution >= 0.6 is 0 Å². The van der Waals surface area contributed by atoms with Crippen LogP contribution in [0.25, 0.3) is 10.9 Å². The smallest absolute Gasteiger partial charge is 0.256 e. The summed E-state index contributed by atoms with van der Waals surface area (Å²) in [5.74, 6) is 0.